The molecule has 0 fully saturated rings. The fraction of sp³-hybridized carbons (Fsp3) is 0.133. The summed E-state index contributed by atoms with van der Waals surface area (Å²) in [7, 11) is 1.54. The molecule has 0 aliphatic carbocycles. The molecule has 0 radical (unpaired) electrons. The molecule has 0 N–H and O–H groups in total. The predicted molar refractivity (Wildman–Crippen MR) is 79.9 cm³/mol. The van der Waals surface area contributed by atoms with Gasteiger partial charge in [0.2, 0.25) is 0 Å². The van der Waals surface area contributed by atoms with E-state index in [0.29, 0.717) is 21.5 Å². The monoisotopic (exact) mass is 370 g/mol. The predicted octanol–water partition coefficient (Wildman–Crippen LogP) is 4.79. The van der Waals surface area contributed by atoms with Crippen molar-refractivity contribution in [3.05, 3.63) is 52.8 Å². The molecule has 3 nitrogen and oxygen atoms in total. The van der Waals surface area contributed by atoms with Crippen LogP contribution in [0, 0.1) is 0 Å². The number of aromatic nitrogens is 2. The van der Waals surface area contributed by atoms with E-state index in [1.54, 1.807) is 25.3 Å². The van der Waals surface area contributed by atoms with Gasteiger partial charge in [-0.05, 0) is 46.3 Å². The third-order valence-electron chi connectivity index (χ3n) is 3.23. The summed E-state index contributed by atoms with van der Waals surface area (Å²) in [5.74, 6) is 0.642. The van der Waals surface area contributed by atoms with Crippen molar-refractivity contribution in [2.45, 2.75) is 6.18 Å². The molecule has 7 heteroatoms. The minimum atomic E-state index is -4.43. The smallest absolute Gasteiger partial charge is 0.431 e. The van der Waals surface area contributed by atoms with Crippen molar-refractivity contribution in [1.82, 2.24) is 9.38 Å². The number of hydrogen-bond donors (Lipinski definition) is 0. The van der Waals surface area contributed by atoms with Crippen LogP contribution in [-0.2, 0) is 6.18 Å². The Morgan fingerprint density at radius 3 is 2.59 bits per heavy atom. The lowest BCUT2D eigenvalue weighted by Gasteiger charge is -2.08. The van der Waals surface area contributed by atoms with Gasteiger partial charge in [0.25, 0.3) is 0 Å². The Kier molecular flexibility index (Phi) is 3.60. The van der Waals surface area contributed by atoms with Crippen LogP contribution in [0.2, 0.25) is 0 Å². The lowest BCUT2D eigenvalue weighted by molar-refractivity contribution is -0.142. The number of methoxy groups -OCH3 is 1. The highest BCUT2D eigenvalue weighted by atomic mass is 79.9. The normalized spacial score (nSPS) is 11.9. The molecule has 0 saturated heterocycles. The molecule has 0 aliphatic rings. The number of halogens is 4. The summed E-state index contributed by atoms with van der Waals surface area (Å²) in [4.78, 5) is 4.26. The standard InChI is InChI=1S/C15H10BrF3N2O/c1-22-12-6-5-9(7-10(12)16)11-8-21-13(15(17,18)19)3-2-4-14(21)20-11/h2-8H,1H3. The van der Waals surface area contributed by atoms with E-state index in [-0.39, 0.29) is 5.65 Å². The van der Waals surface area contributed by atoms with E-state index in [9.17, 15) is 13.2 Å². The van der Waals surface area contributed by atoms with E-state index < -0.39 is 11.9 Å². The van der Waals surface area contributed by atoms with Crippen LogP contribution in [-0.4, -0.2) is 16.5 Å². The minimum absolute atomic E-state index is 0.247. The minimum Gasteiger partial charge on any atom is -0.496 e. The number of pyridine rings is 1. The summed E-state index contributed by atoms with van der Waals surface area (Å²) in [6.45, 7) is 0. The second-order valence-electron chi connectivity index (χ2n) is 4.61. The largest absolute Gasteiger partial charge is 0.496 e. The first-order chi connectivity index (χ1) is 10.4. The molecular weight excluding hydrogens is 361 g/mol. The highest BCUT2D eigenvalue weighted by Crippen LogP contribution is 2.33. The number of ether oxygens (including phenoxy) is 1. The Balaban J connectivity index is 2.15. The van der Waals surface area contributed by atoms with E-state index in [2.05, 4.69) is 20.9 Å². The van der Waals surface area contributed by atoms with Crippen molar-refractivity contribution >= 4 is 21.6 Å². The van der Waals surface area contributed by atoms with Crippen LogP contribution in [0.4, 0.5) is 13.2 Å². The van der Waals surface area contributed by atoms with Crippen molar-refractivity contribution in [3.63, 3.8) is 0 Å². The quantitative estimate of drug-likeness (QED) is 0.648. The molecule has 0 bridgehead atoms. The van der Waals surface area contributed by atoms with Crippen molar-refractivity contribution < 1.29 is 17.9 Å². The summed E-state index contributed by atoms with van der Waals surface area (Å²) in [5, 5.41) is 0. The molecule has 2 heterocycles. The van der Waals surface area contributed by atoms with Gasteiger partial charge in [0.15, 0.2) is 0 Å². The fourth-order valence-electron chi connectivity index (χ4n) is 2.21. The lowest BCUT2D eigenvalue weighted by atomic mass is 10.1. The number of benzene rings is 1. The molecule has 0 saturated carbocycles. The van der Waals surface area contributed by atoms with Crippen molar-refractivity contribution in [3.8, 4) is 17.0 Å². The second kappa shape index (κ2) is 5.31. The number of hydrogen-bond acceptors (Lipinski definition) is 2. The van der Waals surface area contributed by atoms with Crippen LogP contribution in [0.5, 0.6) is 5.75 Å². The zero-order chi connectivity index (χ0) is 15.9. The van der Waals surface area contributed by atoms with E-state index in [1.807, 2.05) is 0 Å². The van der Waals surface area contributed by atoms with Gasteiger partial charge in [0.1, 0.15) is 17.1 Å². The lowest BCUT2D eigenvalue weighted by Crippen LogP contribution is -2.10. The maximum atomic E-state index is 13.0. The highest BCUT2D eigenvalue weighted by Gasteiger charge is 2.33. The van der Waals surface area contributed by atoms with Gasteiger partial charge in [-0.15, -0.1) is 0 Å². The van der Waals surface area contributed by atoms with Crippen molar-refractivity contribution in [1.29, 1.82) is 0 Å². The Bertz CT molecular complexity index is 842. The first-order valence-corrected chi connectivity index (χ1v) is 7.08. The zero-order valence-corrected chi connectivity index (χ0v) is 12.9. The van der Waals surface area contributed by atoms with Crippen LogP contribution in [0.15, 0.2) is 47.1 Å². The maximum Gasteiger partial charge on any atom is 0.431 e. The molecular formula is C15H10BrF3N2O. The van der Waals surface area contributed by atoms with E-state index in [0.717, 1.165) is 10.5 Å². The van der Waals surface area contributed by atoms with Gasteiger partial charge < -0.3 is 4.74 Å². The summed E-state index contributed by atoms with van der Waals surface area (Å²) in [6, 6.07) is 9.15. The van der Waals surface area contributed by atoms with Crippen molar-refractivity contribution in [2.75, 3.05) is 7.11 Å². The van der Waals surface area contributed by atoms with E-state index in [1.165, 1.54) is 18.3 Å². The molecule has 0 spiro atoms. The first-order valence-electron chi connectivity index (χ1n) is 6.29. The topological polar surface area (TPSA) is 26.5 Å². The summed E-state index contributed by atoms with van der Waals surface area (Å²) < 4.78 is 46.0. The van der Waals surface area contributed by atoms with Crippen LogP contribution in [0.25, 0.3) is 16.9 Å². The van der Waals surface area contributed by atoms with E-state index >= 15 is 0 Å². The van der Waals surface area contributed by atoms with Gasteiger partial charge in [-0.2, -0.15) is 13.2 Å². The SMILES string of the molecule is COc1ccc(-c2cn3c(C(F)(F)F)cccc3n2)cc1Br. The number of nitrogens with zero attached hydrogens (tertiary/aromatic N) is 2. The Labute approximate surface area is 132 Å². The molecule has 3 rings (SSSR count). The average molecular weight is 371 g/mol. The third kappa shape index (κ3) is 2.56. The van der Waals surface area contributed by atoms with Gasteiger partial charge in [-0.25, -0.2) is 4.98 Å². The molecule has 1 aromatic carbocycles. The number of rotatable bonds is 2. The van der Waals surface area contributed by atoms with Crippen LogP contribution < -0.4 is 4.74 Å². The second-order valence-corrected chi connectivity index (χ2v) is 5.47. The summed E-state index contributed by atoms with van der Waals surface area (Å²) in [5.41, 5.74) is 0.651. The molecule has 0 aliphatic heterocycles. The van der Waals surface area contributed by atoms with Crippen molar-refractivity contribution in [2.24, 2.45) is 0 Å². The van der Waals surface area contributed by atoms with E-state index in [4.69, 9.17) is 4.74 Å². The third-order valence-corrected chi connectivity index (χ3v) is 3.85. The zero-order valence-electron chi connectivity index (χ0n) is 11.4. The fourth-order valence-corrected chi connectivity index (χ4v) is 2.75. The average Bonchev–Trinajstić information content (AvgIpc) is 2.89. The first kappa shape index (κ1) is 14.9. The molecule has 0 atom stereocenters. The van der Waals surface area contributed by atoms with Gasteiger partial charge in [0, 0.05) is 11.8 Å². The molecule has 0 amide bonds. The van der Waals surface area contributed by atoms with Crippen LogP contribution >= 0.6 is 15.9 Å². The number of fused-ring (bicyclic) bond motifs is 1. The van der Waals surface area contributed by atoms with Gasteiger partial charge >= 0.3 is 6.18 Å². The Hall–Kier alpha value is -2.02. The maximum absolute atomic E-state index is 13.0. The Morgan fingerprint density at radius 2 is 1.95 bits per heavy atom. The summed E-state index contributed by atoms with van der Waals surface area (Å²) in [6.07, 6.45) is -3.05. The Morgan fingerprint density at radius 1 is 1.18 bits per heavy atom. The van der Waals surface area contributed by atoms with Crippen LogP contribution in [0.1, 0.15) is 5.69 Å². The van der Waals surface area contributed by atoms with Crippen LogP contribution in [0.3, 0.4) is 0 Å². The molecule has 22 heavy (non-hydrogen) atoms. The molecule has 114 valence electrons. The molecule has 3 aromatic rings. The highest BCUT2D eigenvalue weighted by molar-refractivity contribution is 9.10. The number of alkyl halides is 3. The molecule has 2 aromatic heterocycles. The number of imidazole rings is 1. The van der Waals surface area contributed by atoms with Gasteiger partial charge in [-0.1, -0.05) is 6.07 Å². The van der Waals surface area contributed by atoms with Gasteiger partial charge in [0.05, 0.1) is 17.3 Å². The summed E-state index contributed by atoms with van der Waals surface area (Å²) >= 11 is 3.36. The molecule has 0 unspecified atom stereocenters. The van der Waals surface area contributed by atoms with Gasteiger partial charge in [-0.3, -0.25) is 4.40 Å².